The molecule has 3 aromatic rings. The molecule has 1 unspecified atom stereocenters. The number of nitrogens with zero attached hydrogens (tertiary/aromatic N) is 5. The Morgan fingerprint density at radius 1 is 1.03 bits per heavy atom. The van der Waals surface area contributed by atoms with Crippen molar-refractivity contribution in [2.24, 2.45) is 0 Å². The van der Waals surface area contributed by atoms with Gasteiger partial charge >= 0.3 is 0 Å². The molecule has 0 bridgehead atoms. The lowest BCUT2D eigenvalue weighted by Crippen LogP contribution is -2.48. The number of hydrogen-bond acceptors (Lipinski definition) is 7. The van der Waals surface area contributed by atoms with Gasteiger partial charge in [0.15, 0.2) is 0 Å². The van der Waals surface area contributed by atoms with Gasteiger partial charge in [-0.3, -0.25) is 9.78 Å². The maximum atomic E-state index is 13.9. The number of carbonyl (C=O) groups excluding carboxylic acids is 1. The fourth-order valence-electron chi connectivity index (χ4n) is 4.95. The maximum absolute atomic E-state index is 13.9. The van der Waals surface area contributed by atoms with Gasteiger partial charge in [-0.2, -0.15) is 0 Å². The highest BCUT2D eigenvalue weighted by Crippen LogP contribution is 2.29. The summed E-state index contributed by atoms with van der Waals surface area (Å²) >= 11 is 0. The minimum absolute atomic E-state index is 0.0537. The van der Waals surface area contributed by atoms with Crippen LogP contribution in [0.15, 0.2) is 36.5 Å². The molecule has 2 saturated heterocycles. The van der Waals surface area contributed by atoms with Gasteiger partial charge in [0.05, 0.1) is 36.5 Å². The summed E-state index contributed by atoms with van der Waals surface area (Å²) in [6.07, 6.45) is 1.73. The van der Waals surface area contributed by atoms with Crippen LogP contribution in [0.1, 0.15) is 35.8 Å². The van der Waals surface area contributed by atoms with Gasteiger partial charge in [0.2, 0.25) is 0 Å². The molecule has 0 saturated carbocycles. The Labute approximate surface area is 215 Å². The third-order valence-corrected chi connectivity index (χ3v) is 7.07. The number of carbonyl (C=O) groups is 1. The second kappa shape index (κ2) is 10.9. The highest BCUT2D eigenvalue weighted by atomic mass is 19.1. The number of piperazine rings is 1. The lowest BCUT2D eigenvalue weighted by Gasteiger charge is -2.34. The van der Waals surface area contributed by atoms with Crippen molar-refractivity contribution in [3.05, 3.63) is 59.3 Å². The van der Waals surface area contributed by atoms with Crippen LogP contribution in [0, 0.1) is 11.6 Å². The van der Waals surface area contributed by atoms with E-state index in [9.17, 15) is 13.6 Å². The molecule has 2 aliphatic rings. The van der Waals surface area contributed by atoms with E-state index < -0.39 is 17.7 Å². The minimum atomic E-state index is -0.663. The first kappa shape index (κ1) is 25.3. The van der Waals surface area contributed by atoms with Crippen LogP contribution in [0.4, 0.5) is 20.3 Å². The van der Waals surface area contributed by atoms with Crippen molar-refractivity contribution in [2.75, 3.05) is 69.2 Å². The van der Waals surface area contributed by atoms with Crippen LogP contribution in [0.25, 0.3) is 11.0 Å². The number of amides is 1. The van der Waals surface area contributed by atoms with Crippen molar-refractivity contribution in [3.63, 3.8) is 0 Å². The van der Waals surface area contributed by atoms with Gasteiger partial charge in [0, 0.05) is 62.1 Å². The predicted molar refractivity (Wildman–Crippen MR) is 139 cm³/mol. The molecule has 2 fully saturated rings. The zero-order valence-electron chi connectivity index (χ0n) is 21.2. The van der Waals surface area contributed by atoms with E-state index >= 15 is 0 Å². The smallest absolute Gasteiger partial charge is 0.254 e. The van der Waals surface area contributed by atoms with E-state index in [1.54, 1.807) is 12.3 Å². The van der Waals surface area contributed by atoms with Gasteiger partial charge in [-0.25, -0.2) is 13.8 Å². The van der Waals surface area contributed by atoms with E-state index in [2.05, 4.69) is 27.0 Å². The number of aromatic nitrogens is 2. The van der Waals surface area contributed by atoms with Crippen LogP contribution >= 0.6 is 0 Å². The number of ether oxygens (including phenoxy) is 1. The number of anilines is 2. The molecule has 2 aliphatic heterocycles. The van der Waals surface area contributed by atoms with Gasteiger partial charge in [-0.05, 0) is 37.7 Å². The number of fused-ring (bicyclic) bond motifs is 1. The molecule has 3 heterocycles. The van der Waals surface area contributed by atoms with E-state index in [0.29, 0.717) is 61.7 Å². The number of rotatable bonds is 6. The Morgan fingerprint density at radius 3 is 2.41 bits per heavy atom. The van der Waals surface area contributed by atoms with Gasteiger partial charge < -0.3 is 24.8 Å². The topological polar surface area (TPSA) is 73.8 Å². The molecule has 196 valence electrons. The van der Waals surface area contributed by atoms with Gasteiger partial charge in [0.1, 0.15) is 17.5 Å². The summed E-state index contributed by atoms with van der Waals surface area (Å²) in [5, 5.41) is 3.18. The lowest BCUT2D eigenvalue weighted by atomic mass is 10.0. The van der Waals surface area contributed by atoms with Gasteiger partial charge in [0.25, 0.3) is 5.91 Å². The number of nitrogens with one attached hydrogen (secondary N) is 1. The van der Waals surface area contributed by atoms with Crippen molar-refractivity contribution in [1.82, 2.24) is 19.8 Å². The van der Waals surface area contributed by atoms with Crippen LogP contribution in [-0.4, -0.2) is 84.7 Å². The first-order valence-corrected chi connectivity index (χ1v) is 12.8. The molecule has 0 spiro atoms. The summed E-state index contributed by atoms with van der Waals surface area (Å²) in [6, 6.07) is 6.55. The largest absolute Gasteiger partial charge is 0.378 e. The van der Waals surface area contributed by atoms with Crippen LogP contribution in [0.2, 0.25) is 0 Å². The molecule has 10 heteroatoms. The highest BCUT2D eigenvalue weighted by molar-refractivity contribution is 5.98. The summed E-state index contributed by atoms with van der Waals surface area (Å²) in [5.74, 6) is -0.647. The van der Waals surface area contributed by atoms with E-state index in [0.717, 1.165) is 37.1 Å². The quantitative estimate of drug-likeness (QED) is 0.542. The minimum Gasteiger partial charge on any atom is -0.378 e. The Balaban J connectivity index is 1.52. The Hall–Kier alpha value is -3.37. The zero-order chi connectivity index (χ0) is 25.9. The van der Waals surface area contributed by atoms with E-state index in [1.165, 1.54) is 12.1 Å². The normalized spacial score (nSPS) is 17.7. The Bertz CT molecular complexity index is 1250. The number of likely N-dealkylation sites (N-methyl/N-ethyl adjacent to an activating group) is 1. The summed E-state index contributed by atoms with van der Waals surface area (Å²) in [6.45, 7) is 10.7. The molecule has 37 heavy (non-hydrogen) atoms. The number of hydrogen-bond donors (Lipinski definition) is 1. The molecule has 2 aromatic carbocycles. The monoisotopic (exact) mass is 510 g/mol. The molecular formula is C27H32F2N6O2. The maximum Gasteiger partial charge on any atom is 0.254 e. The molecule has 1 aromatic heterocycles. The van der Waals surface area contributed by atoms with Gasteiger partial charge in [-0.1, -0.05) is 6.92 Å². The first-order valence-electron chi connectivity index (χ1n) is 12.8. The SMILES string of the molecule is CCN1CCN(C(=O)c2cc(C(C)Nc3cc(F)cc(F)c3)c3nc(N4CCOCC4)cnc3c2)CC1. The highest BCUT2D eigenvalue weighted by Gasteiger charge is 2.24. The Kier molecular flexibility index (Phi) is 7.48. The van der Waals surface area contributed by atoms with Gasteiger partial charge in [-0.15, -0.1) is 0 Å². The van der Waals surface area contributed by atoms with Crippen molar-refractivity contribution in [3.8, 4) is 0 Å². The van der Waals surface area contributed by atoms with E-state index in [-0.39, 0.29) is 5.91 Å². The summed E-state index contributed by atoms with van der Waals surface area (Å²) < 4.78 is 33.2. The second-order valence-electron chi connectivity index (χ2n) is 9.51. The average Bonchev–Trinajstić information content (AvgIpc) is 2.91. The molecule has 0 aliphatic carbocycles. The second-order valence-corrected chi connectivity index (χ2v) is 9.51. The lowest BCUT2D eigenvalue weighted by molar-refractivity contribution is 0.0643. The van der Waals surface area contributed by atoms with E-state index in [1.807, 2.05) is 17.9 Å². The summed E-state index contributed by atoms with van der Waals surface area (Å²) in [7, 11) is 0. The molecule has 8 nitrogen and oxygen atoms in total. The standard InChI is InChI=1S/C27H32F2N6O2/c1-3-33-4-6-35(7-5-33)27(36)19-12-23(18(2)31-22-15-20(28)14-21(29)16-22)26-24(13-19)30-17-25(32-26)34-8-10-37-11-9-34/h12-18,31H,3-11H2,1-2H3. The molecular weight excluding hydrogens is 478 g/mol. The van der Waals surface area contributed by atoms with Crippen molar-refractivity contribution < 1.29 is 18.3 Å². The zero-order valence-corrected chi connectivity index (χ0v) is 21.2. The number of benzene rings is 2. The van der Waals surface area contributed by atoms with Crippen molar-refractivity contribution in [1.29, 1.82) is 0 Å². The molecule has 1 atom stereocenters. The van der Waals surface area contributed by atoms with Crippen LogP contribution in [-0.2, 0) is 4.74 Å². The summed E-state index contributed by atoms with van der Waals surface area (Å²) in [5.41, 5.74) is 2.82. The average molecular weight is 511 g/mol. The van der Waals surface area contributed by atoms with Crippen LogP contribution in [0.5, 0.6) is 0 Å². The van der Waals surface area contributed by atoms with E-state index in [4.69, 9.17) is 9.72 Å². The number of halogens is 2. The van der Waals surface area contributed by atoms with Crippen LogP contribution in [0.3, 0.4) is 0 Å². The summed E-state index contributed by atoms with van der Waals surface area (Å²) in [4.78, 5) is 29.4. The molecule has 5 rings (SSSR count). The fourth-order valence-corrected chi connectivity index (χ4v) is 4.95. The number of morpholine rings is 1. The molecule has 0 radical (unpaired) electrons. The van der Waals surface area contributed by atoms with Crippen LogP contribution < -0.4 is 10.2 Å². The predicted octanol–water partition coefficient (Wildman–Crippen LogP) is 3.70. The third kappa shape index (κ3) is 5.65. The van der Waals surface area contributed by atoms with Crippen molar-refractivity contribution >= 4 is 28.4 Å². The Morgan fingerprint density at radius 2 is 1.73 bits per heavy atom. The molecule has 1 N–H and O–H groups in total. The third-order valence-electron chi connectivity index (χ3n) is 7.07. The van der Waals surface area contributed by atoms with Crippen molar-refractivity contribution in [2.45, 2.75) is 19.9 Å². The fraction of sp³-hybridized carbons (Fsp3) is 0.444. The first-order chi connectivity index (χ1) is 17.9. The molecule has 1 amide bonds.